The molecule has 0 radical (unpaired) electrons. The van der Waals surface area contributed by atoms with Gasteiger partial charge in [0.25, 0.3) is 17.7 Å². The largest absolute Gasteiger partial charge is 0.480 e. The molecule has 3 aromatic carbocycles. The predicted molar refractivity (Wildman–Crippen MR) is 232 cm³/mol. The molecule has 3 heterocycles. The Hall–Kier alpha value is -6.53. The van der Waals surface area contributed by atoms with Crippen molar-refractivity contribution in [2.45, 2.75) is 13.8 Å². The number of benzene rings is 3. The molecule has 17 nitrogen and oxygen atoms in total. The zero-order chi connectivity index (χ0) is 43.4. The van der Waals surface area contributed by atoms with Crippen molar-refractivity contribution in [3.05, 3.63) is 110 Å². The molecule has 0 aliphatic carbocycles. The van der Waals surface area contributed by atoms with E-state index in [-0.39, 0.29) is 35.1 Å². The summed E-state index contributed by atoms with van der Waals surface area (Å²) in [6.45, 7) is 4.36. The number of amides is 3. The van der Waals surface area contributed by atoms with E-state index in [1.807, 2.05) is 13.8 Å². The topological polar surface area (TPSA) is 292 Å². The number of aliphatic imine (C=N–C) groups is 2. The van der Waals surface area contributed by atoms with Gasteiger partial charge in [-0.05, 0) is 50.2 Å². The molecule has 0 spiro atoms. The second-order valence-electron chi connectivity index (χ2n) is 11.9. The lowest BCUT2D eigenvalue weighted by atomic mass is 10.1. The van der Waals surface area contributed by atoms with Gasteiger partial charge in [0.05, 0.1) is 15.1 Å². The number of nitrogens with one attached hydrogen (secondary N) is 3. The number of rotatable bonds is 9. The van der Waals surface area contributed by atoms with Gasteiger partial charge in [-0.15, -0.1) is 0 Å². The van der Waals surface area contributed by atoms with Crippen LogP contribution in [0.5, 0.6) is 0 Å². The smallest absolute Gasteiger partial charge is 0.322 e. The van der Waals surface area contributed by atoms with Gasteiger partial charge in [-0.3, -0.25) is 19.2 Å². The summed E-state index contributed by atoms with van der Waals surface area (Å²) in [5.41, 5.74) is 22.7. The predicted octanol–water partition coefficient (Wildman–Crippen LogP) is 5.44. The summed E-state index contributed by atoms with van der Waals surface area (Å²) in [7, 11) is 0. The van der Waals surface area contributed by atoms with Gasteiger partial charge in [-0.2, -0.15) is 9.98 Å². The third kappa shape index (κ3) is 12.0. The lowest BCUT2D eigenvalue weighted by Crippen LogP contribution is -2.29. The van der Waals surface area contributed by atoms with Crippen LogP contribution >= 0.6 is 46.4 Å². The van der Waals surface area contributed by atoms with Gasteiger partial charge in [0, 0.05) is 80.7 Å². The van der Waals surface area contributed by atoms with Crippen LogP contribution < -0.4 is 38.9 Å². The molecule has 0 fully saturated rings. The van der Waals surface area contributed by atoms with Gasteiger partial charge in [0.2, 0.25) is 0 Å². The number of aromatic nitrogens is 3. The second kappa shape index (κ2) is 20.8. The van der Waals surface area contributed by atoms with E-state index in [0.717, 1.165) is 10.8 Å². The Labute approximate surface area is 356 Å². The van der Waals surface area contributed by atoms with Gasteiger partial charge in [-0.1, -0.05) is 64.6 Å². The maximum atomic E-state index is 11.9. The van der Waals surface area contributed by atoms with Crippen LogP contribution in [0, 0.1) is 0 Å². The molecule has 0 aliphatic heterocycles. The Morgan fingerprint density at radius 1 is 0.559 bits per heavy atom. The zero-order valence-electron chi connectivity index (χ0n) is 31.2. The first-order chi connectivity index (χ1) is 28.0. The van der Waals surface area contributed by atoms with Gasteiger partial charge in [-0.25, -0.2) is 15.0 Å². The summed E-state index contributed by atoms with van der Waals surface area (Å²) in [6, 6.07) is 14.9. The van der Waals surface area contributed by atoms with Crippen molar-refractivity contribution >= 4 is 126 Å². The first-order valence-corrected chi connectivity index (χ1v) is 18.7. The molecule has 6 rings (SSSR count). The second-order valence-corrected chi connectivity index (χ2v) is 13.5. The highest BCUT2D eigenvalue weighted by Crippen LogP contribution is 2.32. The minimum absolute atomic E-state index is 0.107. The monoisotopic (exact) mass is 880 g/mol. The Kier molecular flexibility index (Phi) is 15.9. The van der Waals surface area contributed by atoms with E-state index in [9.17, 15) is 19.2 Å². The molecule has 12 N–H and O–H groups in total. The average Bonchev–Trinajstić information content (AvgIpc) is 3.20. The van der Waals surface area contributed by atoms with Crippen molar-refractivity contribution in [3.8, 4) is 0 Å². The van der Waals surface area contributed by atoms with Gasteiger partial charge in [0.1, 0.15) is 11.7 Å². The minimum Gasteiger partial charge on any atom is -0.480 e. The van der Waals surface area contributed by atoms with Gasteiger partial charge < -0.3 is 44.0 Å². The molecule has 21 heteroatoms. The number of guanidine groups is 2. The Balaban J connectivity index is 0.000000197. The summed E-state index contributed by atoms with van der Waals surface area (Å²) in [5.74, 6) is -1.74. The Morgan fingerprint density at radius 3 is 1.29 bits per heavy atom. The van der Waals surface area contributed by atoms with E-state index >= 15 is 0 Å². The highest BCUT2D eigenvalue weighted by Gasteiger charge is 2.14. The lowest BCUT2D eigenvalue weighted by molar-refractivity contribution is -0.135. The van der Waals surface area contributed by atoms with Crippen LogP contribution in [0.25, 0.3) is 32.3 Å². The highest BCUT2D eigenvalue weighted by atomic mass is 35.5. The molecular weight excluding hydrogens is 846 g/mol. The molecular formula is C38H36Cl4N12O5. The summed E-state index contributed by atoms with van der Waals surface area (Å²) >= 11 is 24.1. The molecule has 6 aromatic rings. The van der Waals surface area contributed by atoms with Crippen LogP contribution in [0.4, 0.5) is 11.6 Å². The zero-order valence-corrected chi connectivity index (χ0v) is 34.2. The lowest BCUT2D eigenvalue weighted by Gasteiger charge is -2.07. The van der Waals surface area contributed by atoms with Crippen molar-refractivity contribution in [3.63, 3.8) is 0 Å². The molecule has 306 valence electrons. The van der Waals surface area contributed by atoms with Crippen molar-refractivity contribution < 1.29 is 24.3 Å². The summed E-state index contributed by atoms with van der Waals surface area (Å²) in [4.78, 5) is 65.8. The van der Waals surface area contributed by atoms with Crippen LogP contribution in [0.3, 0.4) is 0 Å². The van der Waals surface area contributed by atoms with E-state index in [0.29, 0.717) is 71.8 Å². The number of aliphatic carboxylic acids is 1. The number of carboxylic acid groups (broad SMARTS) is 1. The Morgan fingerprint density at radius 2 is 0.915 bits per heavy atom. The van der Waals surface area contributed by atoms with E-state index < -0.39 is 18.4 Å². The molecule has 0 saturated carbocycles. The number of carbonyl (C=O) groups is 4. The minimum atomic E-state index is -1.14. The van der Waals surface area contributed by atoms with Gasteiger partial charge in [0.15, 0.2) is 23.6 Å². The first-order valence-electron chi connectivity index (χ1n) is 17.2. The van der Waals surface area contributed by atoms with Crippen molar-refractivity contribution in [1.29, 1.82) is 0 Å². The van der Waals surface area contributed by atoms with Gasteiger partial charge >= 0.3 is 5.97 Å². The van der Waals surface area contributed by atoms with Crippen molar-refractivity contribution in [2.24, 2.45) is 32.9 Å². The first kappa shape index (κ1) is 45.2. The molecule has 0 saturated heterocycles. The van der Waals surface area contributed by atoms with E-state index in [1.165, 1.54) is 30.7 Å². The third-order valence-corrected chi connectivity index (χ3v) is 8.96. The molecule has 0 aliphatic rings. The van der Waals surface area contributed by atoms with Crippen LogP contribution in [-0.4, -0.2) is 75.3 Å². The van der Waals surface area contributed by atoms with Crippen LogP contribution in [-0.2, 0) is 4.79 Å². The fourth-order valence-electron chi connectivity index (χ4n) is 5.19. The number of fused-ring (bicyclic) bond motifs is 3. The number of carbonyl (C=O) groups excluding carboxylic acids is 3. The van der Waals surface area contributed by atoms with E-state index in [1.54, 1.807) is 42.5 Å². The van der Waals surface area contributed by atoms with Crippen molar-refractivity contribution in [1.82, 2.24) is 30.9 Å². The number of halogens is 4. The molecule has 3 aromatic heterocycles. The van der Waals surface area contributed by atoms with Crippen LogP contribution in [0.2, 0.25) is 20.2 Å². The number of carboxylic acids is 1. The summed E-state index contributed by atoms with van der Waals surface area (Å²) in [5, 5.41) is 21.9. The fraction of sp³-hybridized carbons (Fsp3) is 0.132. The maximum absolute atomic E-state index is 11.9. The summed E-state index contributed by atoms with van der Waals surface area (Å²) in [6.07, 6.45) is 4.37. The SMILES string of the molecule is CCNC(=O)c1ccc2c(Cl)cnc(Cl)c2c1.CCNC(=O)c1ccc2c(Cl)cnc(N=C(N)N)c2c1.NC(N)=Nc1ncc(Cl)c2ccc(C(=O)NCC(=O)O)cc12. The average molecular weight is 883 g/mol. The van der Waals surface area contributed by atoms with Crippen LogP contribution in [0.1, 0.15) is 44.9 Å². The molecule has 0 bridgehead atoms. The van der Waals surface area contributed by atoms with Crippen LogP contribution in [0.15, 0.2) is 83.2 Å². The fourth-order valence-corrected chi connectivity index (χ4v) is 6.04. The quantitative estimate of drug-likeness (QED) is 0.0512. The maximum Gasteiger partial charge on any atom is 0.322 e. The molecule has 3 amide bonds. The number of nitrogens with zero attached hydrogens (tertiary/aromatic N) is 5. The summed E-state index contributed by atoms with van der Waals surface area (Å²) < 4.78 is 0. The Bertz CT molecular complexity index is 2640. The number of pyridine rings is 3. The van der Waals surface area contributed by atoms with E-state index in [4.69, 9.17) is 74.4 Å². The normalized spacial score (nSPS) is 10.3. The molecule has 59 heavy (non-hydrogen) atoms. The number of nitrogens with two attached hydrogens (primary N) is 4. The number of hydrogen-bond donors (Lipinski definition) is 8. The van der Waals surface area contributed by atoms with Crippen molar-refractivity contribution in [2.75, 3.05) is 19.6 Å². The molecule has 0 atom stereocenters. The third-order valence-electron chi connectivity index (χ3n) is 7.76. The molecule has 0 unspecified atom stereocenters. The standard InChI is InChI=1S/C13H12ClN5O3.C13H14ClN5O.C12H10Cl2N2O/c14-9-4-17-11(19-13(15)16)8-3-6(1-2-7(8)9)12(22)18-5-10(20)21;1-2-17-12(20)7-3-4-8-9(5-7)11(19-13(15)16)18-6-10(8)14;1-2-15-12(17)7-3-4-8-9(5-7)11(14)16-6-10(8)13/h1-4H,5H2,(H,18,22)(H,20,21)(H4,15,16,17,19);3-6H,2H2,1H3,(H,17,20)(H4,15,16,18,19);3-6H,2H2,1H3,(H,15,17). The van der Waals surface area contributed by atoms with E-state index in [2.05, 4.69) is 40.9 Å². The number of hydrogen-bond acceptors (Lipinski definition) is 9. The highest BCUT2D eigenvalue weighted by molar-refractivity contribution is 6.39.